The standard InChI is InChI=1S/C28H27N3O3/c32-26(30-17-15-29(16-18-30)20-22-9-5-2-6-10-22)23-11-12-24-25(19-23)28(34)31(27(24)33)14-13-21-7-3-1-4-8-21/h1-12,19H,13-18,20H2. The predicted octanol–water partition coefficient (Wildman–Crippen LogP) is 3.48. The molecule has 0 radical (unpaired) electrons. The Labute approximate surface area is 199 Å². The van der Waals surface area contributed by atoms with E-state index in [0.29, 0.717) is 42.7 Å². The van der Waals surface area contributed by atoms with Crippen LogP contribution < -0.4 is 0 Å². The number of imide groups is 1. The van der Waals surface area contributed by atoms with E-state index in [-0.39, 0.29) is 17.7 Å². The molecule has 2 aliphatic heterocycles. The molecule has 0 aliphatic carbocycles. The Kier molecular flexibility index (Phi) is 6.23. The van der Waals surface area contributed by atoms with E-state index in [9.17, 15) is 14.4 Å². The Balaban J connectivity index is 1.22. The third-order valence-electron chi connectivity index (χ3n) is 6.59. The third kappa shape index (κ3) is 4.50. The maximum atomic E-state index is 13.1. The lowest BCUT2D eigenvalue weighted by molar-refractivity contribution is 0.0627. The van der Waals surface area contributed by atoms with E-state index < -0.39 is 0 Å². The van der Waals surface area contributed by atoms with Crippen molar-refractivity contribution < 1.29 is 14.4 Å². The normalized spacial score (nSPS) is 16.1. The van der Waals surface area contributed by atoms with E-state index in [0.717, 1.165) is 25.2 Å². The summed E-state index contributed by atoms with van der Waals surface area (Å²) >= 11 is 0. The average Bonchev–Trinajstić information content (AvgIpc) is 3.12. The van der Waals surface area contributed by atoms with Gasteiger partial charge in [0.05, 0.1) is 11.1 Å². The van der Waals surface area contributed by atoms with Crippen LogP contribution in [0.25, 0.3) is 0 Å². The summed E-state index contributed by atoms with van der Waals surface area (Å²) in [5.41, 5.74) is 3.50. The van der Waals surface area contributed by atoms with Gasteiger partial charge in [0.25, 0.3) is 17.7 Å². The minimum absolute atomic E-state index is 0.0925. The molecule has 0 aromatic heterocycles. The number of hydrogen-bond donors (Lipinski definition) is 0. The van der Waals surface area contributed by atoms with E-state index in [1.54, 1.807) is 18.2 Å². The average molecular weight is 454 g/mol. The first-order valence-electron chi connectivity index (χ1n) is 11.7. The molecule has 172 valence electrons. The molecule has 0 N–H and O–H groups in total. The second kappa shape index (κ2) is 9.61. The number of benzene rings is 3. The van der Waals surface area contributed by atoms with Crippen LogP contribution in [0.15, 0.2) is 78.9 Å². The molecule has 2 heterocycles. The highest BCUT2D eigenvalue weighted by Crippen LogP contribution is 2.25. The molecule has 34 heavy (non-hydrogen) atoms. The van der Waals surface area contributed by atoms with Crippen molar-refractivity contribution in [1.29, 1.82) is 0 Å². The monoisotopic (exact) mass is 453 g/mol. The molecule has 0 unspecified atom stereocenters. The SMILES string of the molecule is O=C(c1ccc2c(c1)C(=O)N(CCc1ccccc1)C2=O)N1CCN(Cc2ccccc2)CC1. The van der Waals surface area contributed by atoms with Gasteiger partial charge < -0.3 is 4.90 Å². The van der Waals surface area contributed by atoms with E-state index in [1.807, 2.05) is 53.4 Å². The lowest BCUT2D eigenvalue weighted by atomic mass is 10.0. The maximum absolute atomic E-state index is 13.1. The second-order valence-corrected chi connectivity index (χ2v) is 8.81. The Morgan fingerprint density at radius 1 is 0.706 bits per heavy atom. The van der Waals surface area contributed by atoms with E-state index in [2.05, 4.69) is 17.0 Å². The Morgan fingerprint density at radius 2 is 1.32 bits per heavy atom. The van der Waals surface area contributed by atoms with Crippen molar-refractivity contribution in [3.63, 3.8) is 0 Å². The molecule has 3 aromatic carbocycles. The number of carbonyl (C=O) groups excluding carboxylic acids is 3. The van der Waals surface area contributed by atoms with Crippen molar-refractivity contribution in [3.8, 4) is 0 Å². The quantitative estimate of drug-likeness (QED) is 0.536. The van der Waals surface area contributed by atoms with Gasteiger partial charge in [-0.2, -0.15) is 0 Å². The van der Waals surface area contributed by atoms with Crippen LogP contribution in [-0.2, 0) is 13.0 Å². The summed E-state index contributed by atoms with van der Waals surface area (Å²) in [6, 6.07) is 25.0. The minimum atomic E-state index is -0.321. The lowest BCUT2D eigenvalue weighted by Crippen LogP contribution is -2.48. The van der Waals surface area contributed by atoms with Crippen LogP contribution in [0.3, 0.4) is 0 Å². The first kappa shape index (κ1) is 22.0. The van der Waals surface area contributed by atoms with Gasteiger partial charge in [0.2, 0.25) is 0 Å². The highest BCUT2D eigenvalue weighted by Gasteiger charge is 2.36. The fourth-order valence-electron chi connectivity index (χ4n) is 4.65. The van der Waals surface area contributed by atoms with Gasteiger partial charge in [-0.15, -0.1) is 0 Å². The van der Waals surface area contributed by atoms with Gasteiger partial charge in [0.1, 0.15) is 0 Å². The van der Waals surface area contributed by atoms with Crippen LogP contribution in [0.5, 0.6) is 0 Å². The van der Waals surface area contributed by atoms with Crippen LogP contribution in [0.2, 0.25) is 0 Å². The number of amides is 3. The summed E-state index contributed by atoms with van der Waals surface area (Å²) in [5, 5.41) is 0. The van der Waals surface area contributed by atoms with Gasteiger partial charge >= 0.3 is 0 Å². The first-order valence-corrected chi connectivity index (χ1v) is 11.7. The molecule has 0 saturated carbocycles. The highest BCUT2D eigenvalue weighted by molar-refractivity contribution is 6.22. The second-order valence-electron chi connectivity index (χ2n) is 8.81. The van der Waals surface area contributed by atoms with Crippen molar-refractivity contribution in [2.75, 3.05) is 32.7 Å². The predicted molar refractivity (Wildman–Crippen MR) is 130 cm³/mol. The number of carbonyl (C=O) groups is 3. The molecule has 0 spiro atoms. The maximum Gasteiger partial charge on any atom is 0.261 e. The number of nitrogens with zero attached hydrogens (tertiary/aromatic N) is 3. The number of fused-ring (bicyclic) bond motifs is 1. The zero-order chi connectivity index (χ0) is 23.5. The molecule has 2 aliphatic rings. The van der Waals surface area contributed by atoms with Crippen molar-refractivity contribution in [2.24, 2.45) is 0 Å². The molecule has 0 atom stereocenters. The lowest BCUT2D eigenvalue weighted by Gasteiger charge is -2.34. The number of piperazine rings is 1. The number of rotatable bonds is 6. The topological polar surface area (TPSA) is 60.9 Å². The van der Waals surface area contributed by atoms with Crippen LogP contribution in [0.4, 0.5) is 0 Å². The van der Waals surface area contributed by atoms with Gasteiger partial charge in [-0.05, 0) is 35.7 Å². The van der Waals surface area contributed by atoms with Gasteiger partial charge in [-0.25, -0.2) is 0 Å². The summed E-state index contributed by atoms with van der Waals surface area (Å²) in [6.07, 6.45) is 0.603. The summed E-state index contributed by atoms with van der Waals surface area (Å²) in [7, 11) is 0. The molecule has 0 bridgehead atoms. The third-order valence-corrected chi connectivity index (χ3v) is 6.59. The zero-order valence-electron chi connectivity index (χ0n) is 19.0. The van der Waals surface area contributed by atoms with Crippen molar-refractivity contribution in [3.05, 3.63) is 107 Å². The minimum Gasteiger partial charge on any atom is -0.336 e. The summed E-state index contributed by atoms with van der Waals surface area (Å²) in [5.74, 6) is -0.701. The zero-order valence-corrected chi connectivity index (χ0v) is 19.0. The molecule has 3 aromatic rings. The van der Waals surface area contributed by atoms with Crippen LogP contribution in [-0.4, -0.2) is 65.1 Å². The van der Waals surface area contributed by atoms with E-state index >= 15 is 0 Å². The highest BCUT2D eigenvalue weighted by atomic mass is 16.2. The molecule has 3 amide bonds. The Morgan fingerprint density at radius 3 is 2.00 bits per heavy atom. The van der Waals surface area contributed by atoms with Crippen LogP contribution >= 0.6 is 0 Å². The van der Waals surface area contributed by atoms with Crippen molar-refractivity contribution in [1.82, 2.24) is 14.7 Å². The Hall–Kier alpha value is -3.77. The van der Waals surface area contributed by atoms with E-state index in [4.69, 9.17) is 0 Å². The summed E-state index contributed by atoms with van der Waals surface area (Å²) in [4.78, 5) is 44.4. The smallest absolute Gasteiger partial charge is 0.261 e. The fourth-order valence-corrected chi connectivity index (χ4v) is 4.65. The van der Waals surface area contributed by atoms with Crippen molar-refractivity contribution >= 4 is 17.7 Å². The Bertz CT molecular complexity index is 1200. The number of hydrogen-bond acceptors (Lipinski definition) is 4. The molecule has 6 nitrogen and oxygen atoms in total. The molecule has 5 rings (SSSR count). The summed E-state index contributed by atoms with van der Waals surface area (Å²) in [6.45, 7) is 4.07. The van der Waals surface area contributed by atoms with Gasteiger partial charge in [0, 0.05) is 44.8 Å². The van der Waals surface area contributed by atoms with Gasteiger partial charge in [-0.3, -0.25) is 24.2 Å². The van der Waals surface area contributed by atoms with Gasteiger partial charge in [0.15, 0.2) is 0 Å². The van der Waals surface area contributed by atoms with E-state index in [1.165, 1.54) is 10.5 Å². The van der Waals surface area contributed by atoms with Crippen LogP contribution in [0, 0.1) is 0 Å². The first-order chi connectivity index (χ1) is 16.6. The molecular weight excluding hydrogens is 426 g/mol. The summed E-state index contributed by atoms with van der Waals surface area (Å²) < 4.78 is 0. The van der Waals surface area contributed by atoms with Crippen LogP contribution in [0.1, 0.15) is 42.2 Å². The fraction of sp³-hybridized carbons (Fsp3) is 0.250. The molecular formula is C28H27N3O3. The van der Waals surface area contributed by atoms with Gasteiger partial charge in [-0.1, -0.05) is 60.7 Å². The molecule has 6 heteroatoms. The largest absolute Gasteiger partial charge is 0.336 e. The molecule has 1 fully saturated rings. The molecule has 1 saturated heterocycles. The van der Waals surface area contributed by atoms with Crippen molar-refractivity contribution in [2.45, 2.75) is 13.0 Å².